The molecule has 0 aliphatic carbocycles. The second-order valence-corrected chi connectivity index (χ2v) is 6.80. The summed E-state index contributed by atoms with van der Waals surface area (Å²) in [5, 5.41) is 0. The predicted molar refractivity (Wildman–Crippen MR) is 97.7 cm³/mol. The summed E-state index contributed by atoms with van der Waals surface area (Å²) in [6.45, 7) is 10.7. The molecule has 3 rings (SSSR count). The van der Waals surface area contributed by atoms with E-state index in [1.54, 1.807) is 0 Å². The Hall–Kier alpha value is -1.78. The van der Waals surface area contributed by atoms with E-state index in [2.05, 4.69) is 70.0 Å². The van der Waals surface area contributed by atoms with E-state index in [1.807, 2.05) is 0 Å². The van der Waals surface area contributed by atoms with Crippen molar-refractivity contribution in [2.24, 2.45) is 0 Å². The van der Waals surface area contributed by atoms with Crippen LogP contribution in [0.4, 0.5) is 0 Å². The van der Waals surface area contributed by atoms with Crippen LogP contribution in [0.5, 0.6) is 0 Å². The molecule has 4 heteroatoms. The van der Waals surface area contributed by atoms with E-state index >= 15 is 0 Å². The highest BCUT2D eigenvalue weighted by molar-refractivity contribution is 5.10. The SMILES string of the molecule is Cc1cccc(CN2CCCN(Cc3cccc(C)n3)CCC2)n1. The fourth-order valence-corrected chi connectivity index (χ4v) is 3.41. The smallest absolute Gasteiger partial charge is 0.0547 e. The number of aryl methyl sites for hydroxylation is 2. The minimum Gasteiger partial charge on any atom is -0.297 e. The first-order valence-corrected chi connectivity index (χ1v) is 8.99. The molecule has 0 bridgehead atoms. The molecule has 0 spiro atoms. The summed E-state index contributed by atoms with van der Waals surface area (Å²) in [4.78, 5) is 14.4. The van der Waals surface area contributed by atoms with Gasteiger partial charge in [0.15, 0.2) is 0 Å². The summed E-state index contributed by atoms with van der Waals surface area (Å²) in [6.07, 6.45) is 2.41. The molecular formula is C20H28N4. The highest BCUT2D eigenvalue weighted by Crippen LogP contribution is 2.11. The lowest BCUT2D eigenvalue weighted by Crippen LogP contribution is -2.36. The largest absolute Gasteiger partial charge is 0.297 e. The molecule has 1 aliphatic rings. The van der Waals surface area contributed by atoms with Crippen molar-refractivity contribution in [2.75, 3.05) is 26.2 Å². The normalized spacial score (nSPS) is 17.4. The Labute approximate surface area is 145 Å². The van der Waals surface area contributed by atoms with Gasteiger partial charge in [0.1, 0.15) is 0 Å². The number of rotatable bonds is 4. The molecule has 0 unspecified atom stereocenters. The lowest BCUT2D eigenvalue weighted by atomic mass is 10.2. The minimum atomic E-state index is 0.973. The van der Waals surface area contributed by atoms with E-state index in [9.17, 15) is 0 Å². The van der Waals surface area contributed by atoms with Crippen LogP contribution in [-0.4, -0.2) is 45.9 Å². The van der Waals surface area contributed by atoms with Crippen LogP contribution in [0.1, 0.15) is 35.6 Å². The quantitative estimate of drug-likeness (QED) is 0.864. The van der Waals surface area contributed by atoms with Gasteiger partial charge in [0.25, 0.3) is 0 Å². The van der Waals surface area contributed by atoms with Gasteiger partial charge in [-0.05, 0) is 77.1 Å². The Kier molecular flexibility index (Phi) is 5.94. The Bertz CT molecular complexity index is 590. The van der Waals surface area contributed by atoms with Gasteiger partial charge in [-0.15, -0.1) is 0 Å². The Morgan fingerprint density at radius 1 is 0.708 bits per heavy atom. The number of hydrogen-bond acceptors (Lipinski definition) is 4. The summed E-state index contributed by atoms with van der Waals surface area (Å²) in [7, 11) is 0. The van der Waals surface area contributed by atoms with Crippen LogP contribution < -0.4 is 0 Å². The van der Waals surface area contributed by atoms with Gasteiger partial charge in [-0.25, -0.2) is 0 Å². The van der Waals surface area contributed by atoms with Crippen LogP contribution in [0.15, 0.2) is 36.4 Å². The van der Waals surface area contributed by atoms with Crippen molar-refractivity contribution in [3.8, 4) is 0 Å². The molecule has 2 aromatic heterocycles. The van der Waals surface area contributed by atoms with Crippen molar-refractivity contribution in [2.45, 2.75) is 39.8 Å². The zero-order chi connectivity index (χ0) is 16.8. The average molecular weight is 324 g/mol. The molecule has 0 aromatic carbocycles. The lowest BCUT2D eigenvalue weighted by molar-refractivity contribution is 0.170. The standard InChI is InChI=1S/C20H28N4/c1-17-7-3-9-19(21-17)15-23-11-5-13-24(14-6-12-23)16-20-10-4-8-18(2)22-20/h3-4,7-10H,5-6,11-16H2,1-2H3. The van der Waals surface area contributed by atoms with E-state index < -0.39 is 0 Å². The van der Waals surface area contributed by atoms with Gasteiger partial charge in [0, 0.05) is 24.5 Å². The van der Waals surface area contributed by atoms with Crippen molar-refractivity contribution >= 4 is 0 Å². The highest BCUT2D eigenvalue weighted by atomic mass is 15.2. The van der Waals surface area contributed by atoms with E-state index in [4.69, 9.17) is 0 Å². The molecule has 1 aliphatic heterocycles. The average Bonchev–Trinajstić information content (AvgIpc) is 2.52. The van der Waals surface area contributed by atoms with Gasteiger partial charge in [-0.3, -0.25) is 19.8 Å². The predicted octanol–water partition coefficient (Wildman–Crippen LogP) is 3.19. The molecule has 0 radical (unpaired) electrons. The summed E-state index contributed by atoms with van der Waals surface area (Å²) in [6, 6.07) is 12.6. The van der Waals surface area contributed by atoms with Crippen molar-refractivity contribution < 1.29 is 0 Å². The lowest BCUT2D eigenvalue weighted by Gasteiger charge is -2.30. The highest BCUT2D eigenvalue weighted by Gasteiger charge is 2.14. The number of aromatic nitrogens is 2. The molecule has 24 heavy (non-hydrogen) atoms. The molecule has 4 nitrogen and oxygen atoms in total. The van der Waals surface area contributed by atoms with Gasteiger partial charge in [0.2, 0.25) is 0 Å². The third kappa shape index (κ3) is 5.11. The van der Waals surface area contributed by atoms with E-state index in [0.717, 1.165) is 50.7 Å². The zero-order valence-corrected chi connectivity index (χ0v) is 14.9. The van der Waals surface area contributed by atoms with Crippen molar-refractivity contribution in [3.63, 3.8) is 0 Å². The van der Waals surface area contributed by atoms with Gasteiger partial charge >= 0.3 is 0 Å². The van der Waals surface area contributed by atoms with Crippen molar-refractivity contribution in [3.05, 3.63) is 59.2 Å². The maximum absolute atomic E-state index is 4.64. The Morgan fingerprint density at radius 2 is 1.12 bits per heavy atom. The van der Waals surface area contributed by atoms with Crippen LogP contribution in [-0.2, 0) is 13.1 Å². The monoisotopic (exact) mass is 324 g/mol. The first-order valence-electron chi connectivity index (χ1n) is 8.99. The summed E-state index contributed by atoms with van der Waals surface area (Å²) in [5.41, 5.74) is 4.60. The van der Waals surface area contributed by atoms with Gasteiger partial charge in [-0.2, -0.15) is 0 Å². The molecule has 2 aromatic rings. The first kappa shape index (κ1) is 17.1. The molecule has 1 fully saturated rings. The molecule has 0 atom stereocenters. The molecule has 128 valence electrons. The van der Waals surface area contributed by atoms with Crippen LogP contribution in [0, 0.1) is 13.8 Å². The topological polar surface area (TPSA) is 32.3 Å². The number of nitrogens with zero attached hydrogens (tertiary/aromatic N) is 4. The summed E-state index contributed by atoms with van der Waals surface area (Å²) < 4.78 is 0. The number of pyridine rings is 2. The second kappa shape index (κ2) is 8.36. The van der Waals surface area contributed by atoms with Crippen LogP contribution in [0.2, 0.25) is 0 Å². The van der Waals surface area contributed by atoms with Crippen LogP contribution in [0.25, 0.3) is 0 Å². The maximum Gasteiger partial charge on any atom is 0.0547 e. The molecule has 0 amide bonds. The first-order chi connectivity index (χ1) is 11.7. The Morgan fingerprint density at radius 3 is 1.50 bits per heavy atom. The van der Waals surface area contributed by atoms with Crippen LogP contribution in [0.3, 0.4) is 0 Å². The molecular weight excluding hydrogens is 296 g/mol. The molecule has 3 heterocycles. The van der Waals surface area contributed by atoms with Crippen molar-refractivity contribution in [1.82, 2.24) is 19.8 Å². The third-order valence-electron chi connectivity index (χ3n) is 4.56. The van der Waals surface area contributed by atoms with Gasteiger partial charge in [0.05, 0.1) is 11.4 Å². The number of hydrogen-bond donors (Lipinski definition) is 0. The van der Waals surface area contributed by atoms with E-state index in [-0.39, 0.29) is 0 Å². The van der Waals surface area contributed by atoms with E-state index in [0.29, 0.717) is 0 Å². The zero-order valence-electron chi connectivity index (χ0n) is 14.9. The maximum atomic E-state index is 4.64. The fourth-order valence-electron chi connectivity index (χ4n) is 3.41. The molecule has 0 saturated carbocycles. The van der Waals surface area contributed by atoms with E-state index in [1.165, 1.54) is 24.2 Å². The molecule has 1 saturated heterocycles. The van der Waals surface area contributed by atoms with Gasteiger partial charge in [-0.1, -0.05) is 12.1 Å². The summed E-state index contributed by atoms with van der Waals surface area (Å²) in [5.74, 6) is 0. The minimum absolute atomic E-state index is 0.973. The van der Waals surface area contributed by atoms with Crippen LogP contribution >= 0.6 is 0 Å². The molecule has 0 N–H and O–H groups in total. The van der Waals surface area contributed by atoms with Crippen molar-refractivity contribution in [1.29, 1.82) is 0 Å². The Balaban J connectivity index is 1.50. The second-order valence-electron chi connectivity index (χ2n) is 6.80. The fraction of sp³-hybridized carbons (Fsp3) is 0.500. The van der Waals surface area contributed by atoms with Gasteiger partial charge < -0.3 is 0 Å². The third-order valence-corrected chi connectivity index (χ3v) is 4.56. The summed E-state index contributed by atoms with van der Waals surface area (Å²) >= 11 is 0.